The molecule has 6 nitrogen and oxygen atoms in total. The number of sulfonamides is 1. The van der Waals surface area contributed by atoms with Gasteiger partial charge in [0.05, 0.1) is 0 Å². The minimum absolute atomic E-state index is 0. The normalized spacial score (nSPS) is 11.8. The number of hydrogen-bond acceptors (Lipinski definition) is 4. The van der Waals surface area contributed by atoms with E-state index in [1.54, 1.807) is 26.2 Å². The third-order valence-electron chi connectivity index (χ3n) is 2.15. The molecule has 1 heterocycles. The van der Waals surface area contributed by atoms with Gasteiger partial charge in [0.2, 0.25) is 10.0 Å². The Morgan fingerprint density at radius 3 is 2.53 bits per heavy atom. The third kappa shape index (κ3) is 6.06. The number of halogens is 1. The molecule has 9 heteroatoms. The first-order valence-corrected chi connectivity index (χ1v) is 7.74. The van der Waals surface area contributed by atoms with Crippen LogP contribution in [-0.4, -0.2) is 41.6 Å². The van der Waals surface area contributed by atoms with Crippen LogP contribution in [0.4, 0.5) is 0 Å². The fourth-order valence-corrected chi connectivity index (χ4v) is 3.63. The van der Waals surface area contributed by atoms with Gasteiger partial charge in [-0.1, -0.05) is 0 Å². The van der Waals surface area contributed by atoms with Gasteiger partial charge in [-0.2, -0.15) is 0 Å². The SMILES string of the molecule is CN=C(NC)NCCNS(=O)(=O)c1ccc(C)s1.I. The van der Waals surface area contributed by atoms with Crippen molar-refractivity contribution in [1.82, 2.24) is 15.4 Å². The molecule has 0 bridgehead atoms. The molecule has 0 fully saturated rings. The summed E-state index contributed by atoms with van der Waals surface area (Å²) in [5.74, 6) is 0.626. The lowest BCUT2D eigenvalue weighted by Crippen LogP contribution is -2.39. The summed E-state index contributed by atoms with van der Waals surface area (Å²) in [6, 6.07) is 3.41. The summed E-state index contributed by atoms with van der Waals surface area (Å²) in [5.41, 5.74) is 0. The minimum atomic E-state index is -3.38. The van der Waals surface area contributed by atoms with Crippen molar-refractivity contribution in [3.8, 4) is 0 Å². The molecule has 0 radical (unpaired) electrons. The Bertz CT molecular complexity index is 513. The highest BCUT2D eigenvalue weighted by molar-refractivity contribution is 14.0. The average Bonchev–Trinajstić information content (AvgIpc) is 2.77. The smallest absolute Gasteiger partial charge is 0.250 e. The van der Waals surface area contributed by atoms with Gasteiger partial charge in [-0.25, -0.2) is 13.1 Å². The lowest BCUT2D eigenvalue weighted by Gasteiger charge is -2.09. The van der Waals surface area contributed by atoms with Gasteiger partial charge in [0.25, 0.3) is 0 Å². The maximum Gasteiger partial charge on any atom is 0.250 e. The Morgan fingerprint density at radius 1 is 1.37 bits per heavy atom. The van der Waals surface area contributed by atoms with Gasteiger partial charge in [0.1, 0.15) is 4.21 Å². The summed E-state index contributed by atoms with van der Waals surface area (Å²) < 4.78 is 26.6. The summed E-state index contributed by atoms with van der Waals surface area (Å²) in [7, 11) is 0.0116. The van der Waals surface area contributed by atoms with Gasteiger partial charge in [-0.15, -0.1) is 35.3 Å². The molecule has 1 aromatic heterocycles. The largest absolute Gasteiger partial charge is 0.359 e. The number of aliphatic imine (C=N–C) groups is 1. The summed E-state index contributed by atoms with van der Waals surface area (Å²) in [6.07, 6.45) is 0. The first kappa shape index (κ1) is 18.6. The van der Waals surface area contributed by atoms with Gasteiger partial charge in [0, 0.05) is 32.1 Å². The first-order chi connectivity index (χ1) is 8.49. The quantitative estimate of drug-likeness (QED) is 0.285. The van der Waals surface area contributed by atoms with Gasteiger partial charge >= 0.3 is 0 Å². The van der Waals surface area contributed by atoms with Crippen molar-refractivity contribution in [2.45, 2.75) is 11.1 Å². The Labute approximate surface area is 135 Å². The fourth-order valence-electron chi connectivity index (χ4n) is 1.27. The first-order valence-electron chi connectivity index (χ1n) is 5.44. The van der Waals surface area contributed by atoms with E-state index in [2.05, 4.69) is 20.3 Å². The van der Waals surface area contributed by atoms with Crippen LogP contribution in [0.3, 0.4) is 0 Å². The molecule has 19 heavy (non-hydrogen) atoms. The van der Waals surface area contributed by atoms with E-state index in [0.29, 0.717) is 23.3 Å². The van der Waals surface area contributed by atoms with E-state index < -0.39 is 10.0 Å². The molecule has 0 unspecified atom stereocenters. The van der Waals surface area contributed by atoms with E-state index in [1.165, 1.54) is 11.3 Å². The number of aryl methyl sites for hydroxylation is 1. The standard InChI is InChI=1S/C10H18N4O2S2.HI/c1-8-4-5-9(17-8)18(15,16)14-7-6-13-10(11-2)12-3;/h4-5,14H,6-7H2,1-3H3,(H2,11,12,13);1H. The van der Waals surface area contributed by atoms with Gasteiger partial charge < -0.3 is 10.6 Å². The zero-order valence-corrected chi connectivity index (χ0v) is 15.0. The molecule has 0 saturated carbocycles. The van der Waals surface area contributed by atoms with Crippen molar-refractivity contribution in [3.63, 3.8) is 0 Å². The second-order valence-electron chi connectivity index (χ2n) is 3.51. The predicted octanol–water partition coefficient (Wildman–Crippen LogP) is 0.748. The molecule has 0 aliphatic heterocycles. The van der Waals surface area contributed by atoms with Crippen molar-refractivity contribution < 1.29 is 8.42 Å². The number of hydrogen-bond donors (Lipinski definition) is 3. The highest BCUT2D eigenvalue weighted by Crippen LogP contribution is 2.19. The van der Waals surface area contributed by atoms with Gasteiger partial charge in [0.15, 0.2) is 5.96 Å². The summed E-state index contributed by atoms with van der Waals surface area (Å²) in [6.45, 7) is 2.65. The molecule has 0 aliphatic carbocycles. The Hall–Kier alpha value is -0.390. The molecular formula is C10H19IN4O2S2. The lowest BCUT2D eigenvalue weighted by molar-refractivity contribution is 0.583. The van der Waals surface area contributed by atoms with Gasteiger partial charge in [-0.3, -0.25) is 4.99 Å². The molecule has 0 spiro atoms. The van der Waals surface area contributed by atoms with Crippen molar-refractivity contribution in [1.29, 1.82) is 0 Å². The van der Waals surface area contributed by atoms with Crippen molar-refractivity contribution in [2.75, 3.05) is 27.2 Å². The van der Waals surface area contributed by atoms with Crippen LogP contribution < -0.4 is 15.4 Å². The Balaban J connectivity index is 0.00000324. The van der Waals surface area contributed by atoms with Crippen LogP contribution in [0.1, 0.15) is 4.88 Å². The molecule has 0 amide bonds. The monoisotopic (exact) mass is 418 g/mol. The molecule has 110 valence electrons. The van der Waals surface area contributed by atoms with Crippen LogP contribution in [0.15, 0.2) is 21.3 Å². The number of rotatable bonds is 5. The van der Waals surface area contributed by atoms with Crippen LogP contribution in [-0.2, 0) is 10.0 Å². The van der Waals surface area contributed by atoms with Gasteiger partial charge in [-0.05, 0) is 19.1 Å². The number of nitrogens with zero attached hydrogens (tertiary/aromatic N) is 1. The number of nitrogens with one attached hydrogen (secondary N) is 3. The summed E-state index contributed by atoms with van der Waals surface area (Å²) in [4.78, 5) is 4.90. The Kier molecular flexibility index (Phi) is 8.54. The third-order valence-corrected chi connectivity index (χ3v) is 5.10. The topological polar surface area (TPSA) is 82.6 Å². The molecule has 0 saturated heterocycles. The molecule has 3 N–H and O–H groups in total. The second-order valence-corrected chi connectivity index (χ2v) is 6.79. The van der Waals surface area contributed by atoms with E-state index in [9.17, 15) is 8.42 Å². The highest BCUT2D eigenvalue weighted by atomic mass is 127. The molecule has 0 aliphatic rings. The van der Waals surface area contributed by atoms with Crippen molar-refractivity contribution in [3.05, 3.63) is 17.0 Å². The Morgan fingerprint density at radius 2 is 2.05 bits per heavy atom. The van der Waals surface area contributed by atoms with Crippen LogP contribution in [0, 0.1) is 6.92 Å². The summed E-state index contributed by atoms with van der Waals surface area (Å²) in [5, 5.41) is 5.81. The van der Waals surface area contributed by atoms with Crippen LogP contribution in [0.25, 0.3) is 0 Å². The fraction of sp³-hybridized carbons (Fsp3) is 0.500. The van der Waals surface area contributed by atoms with Crippen LogP contribution >= 0.6 is 35.3 Å². The molecule has 1 rings (SSSR count). The maximum atomic E-state index is 11.9. The summed E-state index contributed by atoms with van der Waals surface area (Å²) >= 11 is 1.26. The van der Waals surface area contributed by atoms with Crippen LogP contribution in [0.2, 0.25) is 0 Å². The van der Waals surface area contributed by atoms with Crippen LogP contribution in [0.5, 0.6) is 0 Å². The van der Waals surface area contributed by atoms with Crippen molar-refractivity contribution in [2.24, 2.45) is 4.99 Å². The average molecular weight is 418 g/mol. The molecule has 0 aromatic carbocycles. The zero-order chi connectivity index (χ0) is 13.6. The molecular weight excluding hydrogens is 399 g/mol. The van der Waals surface area contributed by atoms with E-state index in [0.717, 1.165) is 4.88 Å². The van der Waals surface area contributed by atoms with E-state index in [1.807, 2.05) is 6.92 Å². The van der Waals surface area contributed by atoms with Crippen molar-refractivity contribution >= 4 is 51.3 Å². The minimum Gasteiger partial charge on any atom is -0.359 e. The van der Waals surface area contributed by atoms with E-state index >= 15 is 0 Å². The number of thiophene rings is 1. The predicted molar refractivity (Wildman–Crippen MR) is 90.1 cm³/mol. The second kappa shape index (κ2) is 8.72. The lowest BCUT2D eigenvalue weighted by atomic mass is 10.5. The highest BCUT2D eigenvalue weighted by Gasteiger charge is 2.14. The van der Waals surface area contributed by atoms with E-state index in [4.69, 9.17) is 0 Å². The molecule has 0 atom stereocenters. The zero-order valence-electron chi connectivity index (χ0n) is 11.1. The van der Waals surface area contributed by atoms with E-state index in [-0.39, 0.29) is 24.0 Å². The number of guanidine groups is 1. The maximum absolute atomic E-state index is 11.9. The molecule has 1 aromatic rings.